The number of phenols is 1. The molecule has 1 aromatic carbocycles. The second-order valence-corrected chi connectivity index (χ2v) is 6.29. The zero-order valence-electron chi connectivity index (χ0n) is 13.0. The molecule has 0 saturated carbocycles. The van der Waals surface area contributed by atoms with Crippen LogP contribution in [0.1, 0.15) is 6.92 Å². The molecule has 0 bridgehead atoms. The number of benzene rings is 1. The Labute approximate surface area is 159 Å². The van der Waals surface area contributed by atoms with Gasteiger partial charge in [0, 0.05) is 12.1 Å². The largest absolute Gasteiger partial charge is 0.505 e. The lowest BCUT2D eigenvalue weighted by Crippen LogP contribution is -2.28. The van der Waals surface area contributed by atoms with Gasteiger partial charge in [-0.25, -0.2) is 15.0 Å². The third-order valence-electron chi connectivity index (χ3n) is 3.30. The number of nitrogens with zero attached hydrogens (tertiary/aromatic N) is 3. The van der Waals surface area contributed by atoms with Gasteiger partial charge >= 0.3 is 0 Å². The third kappa shape index (κ3) is 3.89. The quantitative estimate of drug-likeness (QED) is 0.579. The van der Waals surface area contributed by atoms with Gasteiger partial charge in [-0.3, -0.25) is 0 Å². The van der Waals surface area contributed by atoms with Gasteiger partial charge in [0.1, 0.15) is 5.52 Å². The Balaban J connectivity index is 1.99. The van der Waals surface area contributed by atoms with Crippen molar-refractivity contribution in [1.29, 1.82) is 0 Å². The molecule has 0 aliphatic heterocycles. The van der Waals surface area contributed by atoms with Crippen LogP contribution >= 0.6 is 35.4 Å². The maximum atomic E-state index is 9.68. The molecule has 3 aromatic rings. The Hall–Kier alpha value is -2.22. The van der Waals surface area contributed by atoms with Gasteiger partial charge in [0.15, 0.2) is 22.3 Å². The van der Waals surface area contributed by atoms with Crippen molar-refractivity contribution in [2.75, 3.05) is 11.9 Å². The van der Waals surface area contributed by atoms with Gasteiger partial charge in [-0.05, 0) is 43.4 Å². The average molecular weight is 394 g/mol. The zero-order chi connectivity index (χ0) is 18.0. The number of hydrogen-bond donors (Lipinski definition) is 3. The van der Waals surface area contributed by atoms with Crippen molar-refractivity contribution < 1.29 is 5.11 Å². The van der Waals surface area contributed by atoms with Gasteiger partial charge in [-0.1, -0.05) is 23.2 Å². The van der Waals surface area contributed by atoms with Crippen LogP contribution in [0.5, 0.6) is 5.75 Å². The number of pyridine rings is 1. The fourth-order valence-corrected chi connectivity index (χ4v) is 2.89. The number of rotatable bonds is 3. The van der Waals surface area contributed by atoms with Crippen molar-refractivity contribution in [2.45, 2.75) is 6.92 Å². The molecule has 0 fully saturated rings. The summed E-state index contributed by atoms with van der Waals surface area (Å²) in [6, 6.07) is 6.76. The van der Waals surface area contributed by atoms with E-state index >= 15 is 0 Å². The molecule has 0 spiro atoms. The van der Waals surface area contributed by atoms with Crippen LogP contribution in [0, 0.1) is 0 Å². The van der Waals surface area contributed by atoms with E-state index in [-0.39, 0.29) is 15.8 Å². The summed E-state index contributed by atoms with van der Waals surface area (Å²) < 4.78 is 0. The van der Waals surface area contributed by atoms with Crippen molar-refractivity contribution in [3.8, 4) is 17.0 Å². The summed E-state index contributed by atoms with van der Waals surface area (Å²) in [6.45, 7) is 2.65. The van der Waals surface area contributed by atoms with E-state index in [0.717, 1.165) is 0 Å². The monoisotopic (exact) mass is 393 g/mol. The maximum absolute atomic E-state index is 9.68. The number of thiocarbonyl (C=S) groups is 1. The van der Waals surface area contributed by atoms with Crippen LogP contribution in [0.25, 0.3) is 22.4 Å². The Morgan fingerprint density at radius 1 is 1.20 bits per heavy atom. The minimum absolute atomic E-state index is 0.155. The minimum atomic E-state index is -0.156. The van der Waals surface area contributed by atoms with E-state index in [1.807, 2.05) is 6.92 Å². The van der Waals surface area contributed by atoms with Crippen LogP contribution in [0.15, 0.2) is 30.5 Å². The number of halogens is 2. The first-order valence-corrected chi connectivity index (χ1v) is 8.51. The van der Waals surface area contributed by atoms with E-state index in [9.17, 15) is 5.11 Å². The number of phenolic OH excluding ortho intramolecular Hbond substituents is 1. The number of aromatic nitrogens is 3. The molecule has 128 valence electrons. The smallest absolute Gasteiger partial charge is 0.180 e. The summed E-state index contributed by atoms with van der Waals surface area (Å²) in [7, 11) is 0. The second kappa shape index (κ2) is 7.35. The Morgan fingerprint density at radius 2 is 1.92 bits per heavy atom. The molecular weight excluding hydrogens is 381 g/mol. The molecule has 6 nitrogen and oxygen atoms in total. The lowest BCUT2D eigenvalue weighted by molar-refractivity contribution is 0.476. The standard InChI is InChI=1S/C16H13Cl2N5OS/c1-2-19-16(25)23-13-7-20-12-4-3-11(21-15(12)22-13)8-5-9(17)14(24)10(18)6-8/h3-7,24H,2H2,1H3,(H2,19,21,22,23,25). The highest BCUT2D eigenvalue weighted by atomic mass is 35.5. The van der Waals surface area contributed by atoms with Crippen LogP contribution in [-0.2, 0) is 0 Å². The van der Waals surface area contributed by atoms with Crippen LogP contribution in [-0.4, -0.2) is 31.7 Å². The molecule has 3 N–H and O–H groups in total. The first kappa shape index (κ1) is 17.6. The minimum Gasteiger partial charge on any atom is -0.505 e. The lowest BCUT2D eigenvalue weighted by Gasteiger charge is -2.09. The van der Waals surface area contributed by atoms with Gasteiger partial charge in [-0.2, -0.15) is 0 Å². The molecular formula is C16H13Cl2N5OS. The predicted molar refractivity (Wildman–Crippen MR) is 104 cm³/mol. The second-order valence-electron chi connectivity index (χ2n) is 5.07. The van der Waals surface area contributed by atoms with Crippen molar-refractivity contribution in [2.24, 2.45) is 0 Å². The van der Waals surface area contributed by atoms with Gasteiger partial charge in [-0.15, -0.1) is 0 Å². The summed E-state index contributed by atoms with van der Waals surface area (Å²) in [4.78, 5) is 13.2. The molecule has 0 aliphatic rings. The number of fused-ring (bicyclic) bond motifs is 1. The number of aromatic hydroxyl groups is 1. The Bertz CT molecular complexity index is 943. The fourth-order valence-electron chi connectivity index (χ4n) is 2.15. The predicted octanol–water partition coefficient (Wildman–Crippen LogP) is 4.01. The maximum Gasteiger partial charge on any atom is 0.180 e. The van der Waals surface area contributed by atoms with E-state index in [4.69, 9.17) is 35.4 Å². The summed E-state index contributed by atoms with van der Waals surface area (Å²) in [5.41, 5.74) is 2.36. The van der Waals surface area contributed by atoms with E-state index in [1.54, 1.807) is 30.5 Å². The fraction of sp³-hybridized carbons (Fsp3) is 0.125. The van der Waals surface area contributed by atoms with Crippen LogP contribution < -0.4 is 10.6 Å². The first-order chi connectivity index (χ1) is 12.0. The molecule has 0 unspecified atom stereocenters. The Kier molecular flexibility index (Phi) is 5.17. The SMILES string of the molecule is CCNC(=S)Nc1cnc2ccc(-c3cc(Cl)c(O)c(Cl)c3)nc2n1. The van der Waals surface area contributed by atoms with E-state index in [2.05, 4.69) is 25.6 Å². The lowest BCUT2D eigenvalue weighted by atomic mass is 10.1. The van der Waals surface area contributed by atoms with Crippen LogP contribution in [0.3, 0.4) is 0 Å². The van der Waals surface area contributed by atoms with Crippen molar-refractivity contribution in [3.63, 3.8) is 0 Å². The molecule has 2 aromatic heterocycles. The summed E-state index contributed by atoms with van der Waals surface area (Å²) >= 11 is 17.1. The molecule has 0 aliphatic carbocycles. The molecule has 0 atom stereocenters. The highest BCUT2D eigenvalue weighted by molar-refractivity contribution is 7.80. The van der Waals surface area contributed by atoms with Crippen LogP contribution in [0.4, 0.5) is 5.82 Å². The summed E-state index contributed by atoms with van der Waals surface area (Å²) in [6.07, 6.45) is 1.58. The number of nitrogens with one attached hydrogen (secondary N) is 2. The van der Waals surface area contributed by atoms with Gasteiger partial charge < -0.3 is 15.7 Å². The third-order valence-corrected chi connectivity index (χ3v) is 4.12. The molecule has 9 heteroatoms. The van der Waals surface area contributed by atoms with Crippen molar-refractivity contribution in [3.05, 3.63) is 40.5 Å². The Morgan fingerprint density at radius 3 is 2.60 bits per heavy atom. The van der Waals surface area contributed by atoms with E-state index in [1.165, 1.54) is 0 Å². The molecule has 3 rings (SSSR count). The van der Waals surface area contributed by atoms with Gasteiger partial charge in [0.05, 0.1) is 21.9 Å². The number of anilines is 1. The average Bonchev–Trinajstić information content (AvgIpc) is 2.58. The molecule has 0 saturated heterocycles. The summed E-state index contributed by atoms with van der Waals surface area (Å²) in [5, 5.41) is 16.4. The molecule has 2 heterocycles. The van der Waals surface area contributed by atoms with Crippen LogP contribution in [0.2, 0.25) is 10.0 Å². The number of hydrogen-bond acceptors (Lipinski definition) is 5. The van der Waals surface area contributed by atoms with E-state index < -0.39 is 0 Å². The molecule has 25 heavy (non-hydrogen) atoms. The molecule has 0 amide bonds. The summed E-state index contributed by atoms with van der Waals surface area (Å²) in [5.74, 6) is 0.334. The molecule has 0 radical (unpaired) electrons. The first-order valence-electron chi connectivity index (χ1n) is 7.35. The van der Waals surface area contributed by atoms with Gasteiger partial charge in [0.25, 0.3) is 0 Å². The van der Waals surface area contributed by atoms with Crippen molar-refractivity contribution >= 4 is 57.5 Å². The highest BCUT2D eigenvalue weighted by Gasteiger charge is 2.11. The highest BCUT2D eigenvalue weighted by Crippen LogP contribution is 2.36. The van der Waals surface area contributed by atoms with Crippen molar-refractivity contribution in [1.82, 2.24) is 20.3 Å². The topological polar surface area (TPSA) is 83.0 Å². The van der Waals surface area contributed by atoms with E-state index in [0.29, 0.717) is 39.9 Å². The van der Waals surface area contributed by atoms with Gasteiger partial charge in [0.2, 0.25) is 0 Å². The normalized spacial score (nSPS) is 10.7. The zero-order valence-corrected chi connectivity index (χ0v) is 15.4.